The smallest absolute Gasteiger partial charge is 0.423 e. The van der Waals surface area contributed by atoms with Crippen molar-refractivity contribution in [3.63, 3.8) is 0 Å². The number of hydrogen-bond donors (Lipinski definition) is 1. The van der Waals surface area contributed by atoms with Gasteiger partial charge in [0.05, 0.1) is 25.4 Å². The number of nitrogens with zero attached hydrogens (tertiary/aromatic N) is 1. The Morgan fingerprint density at radius 1 is 1.12 bits per heavy atom. The summed E-state index contributed by atoms with van der Waals surface area (Å²) in [4.78, 5) is 2.29. The molecule has 5 heteroatoms. The summed E-state index contributed by atoms with van der Waals surface area (Å²) in [6.45, 7) is 14.5. The SMILES string of the molecule is CC(C)(C)C(C)(C)OB(O)c1ccc(C#CCN2CCOCC2)cc1. The standard InChI is InChI=1S/C20H30BNO3/c1-19(2,3)20(4,5)25-21(23)18-10-8-17(9-11-18)7-6-12-22-13-15-24-16-14-22/h8-11,23H,12-16H2,1-5H3. The Morgan fingerprint density at radius 2 is 1.72 bits per heavy atom. The largest absolute Gasteiger partial charge is 0.491 e. The van der Waals surface area contributed by atoms with Crippen LogP contribution in [0.15, 0.2) is 24.3 Å². The Kier molecular flexibility index (Phi) is 6.70. The van der Waals surface area contributed by atoms with Gasteiger partial charge in [-0.2, -0.15) is 0 Å². The second-order valence-electron chi connectivity index (χ2n) is 8.04. The Bertz CT molecular complexity index is 605. The fourth-order valence-corrected chi connectivity index (χ4v) is 2.27. The minimum atomic E-state index is -0.940. The maximum Gasteiger partial charge on any atom is 0.491 e. The van der Waals surface area contributed by atoms with Crippen molar-refractivity contribution in [3.8, 4) is 11.8 Å². The zero-order chi connectivity index (χ0) is 18.5. The molecular weight excluding hydrogens is 313 g/mol. The summed E-state index contributed by atoms with van der Waals surface area (Å²) in [6, 6.07) is 7.61. The summed E-state index contributed by atoms with van der Waals surface area (Å²) in [5.41, 5.74) is 1.18. The third-order valence-electron chi connectivity index (χ3n) is 5.05. The first-order valence-electron chi connectivity index (χ1n) is 8.94. The molecule has 1 N–H and O–H groups in total. The maximum absolute atomic E-state index is 10.4. The predicted octanol–water partition coefficient (Wildman–Crippen LogP) is 1.90. The topological polar surface area (TPSA) is 41.9 Å². The molecule has 1 fully saturated rings. The van der Waals surface area contributed by atoms with E-state index in [0.717, 1.165) is 43.9 Å². The minimum Gasteiger partial charge on any atom is -0.423 e. The molecule has 0 aliphatic carbocycles. The fourth-order valence-electron chi connectivity index (χ4n) is 2.27. The molecular formula is C20H30BNO3. The molecule has 0 atom stereocenters. The van der Waals surface area contributed by atoms with Crippen LogP contribution in [0.2, 0.25) is 0 Å². The number of rotatable bonds is 4. The van der Waals surface area contributed by atoms with Gasteiger partial charge in [0.25, 0.3) is 0 Å². The van der Waals surface area contributed by atoms with E-state index >= 15 is 0 Å². The van der Waals surface area contributed by atoms with Crippen molar-refractivity contribution in [2.75, 3.05) is 32.8 Å². The molecule has 0 aromatic heterocycles. The van der Waals surface area contributed by atoms with Gasteiger partial charge in [0.15, 0.2) is 0 Å². The summed E-state index contributed by atoms with van der Waals surface area (Å²) in [7, 11) is -0.940. The van der Waals surface area contributed by atoms with Crippen LogP contribution in [-0.2, 0) is 9.39 Å². The molecule has 1 saturated heterocycles. The van der Waals surface area contributed by atoms with E-state index in [0.29, 0.717) is 0 Å². The van der Waals surface area contributed by atoms with Crippen LogP contribution in [0.4, 0.5) is 0 Å². The molecule has 1 aliphatic heterocycles. The summed E-state index contributed by atoms with van der Waals surface area (Å²) >= 11 is 0. The van der Waals surface area contributed by atoms with Crippen LogP contribution in [0.1, 0.15) is 40.2 Å². The van der Waals surface area contributed by atoms with Crippen LogP contribution in [0.5, 0.6) is 0 Å². The van der Waals surface area contributed by atoms with Gasteiger partial charge >= 0.3 is 7.12 Å². The molecule has 1 aromatic carbocycles. The molecule has 1 aliphatic rings. The lowest BCUT2D eigenvalue weighted by atomic mass is 9.73. The summed E-state index contributed by atoms with van der Waals surface area (Å²) < 4.78 is 11.2. The lowest BCUT2D eigenvalue weighted by molar-refractivity contribution is -0.0129. The van der Waals surface area contributed by atoms with Crippen molar-refractivity contribution < 1.29 is 14.4 Å². The van der Waals surface area contributed by atoms with Gasteiger partial charge in [-0.3, -0.25) is 4.90 Å². The van der Waals surface area contributed by atoms with E-state index in [2.05, 4.69) is 37.5 Å². The van der Waals surface area contributed by atoms with Gasteiger partial charge in [0.2, 0.25) is 0 Å². The predicted molar refractivity (Wildman–Crippen MR) is 103 cm³/mol. The number of morpholine rings is 1. The Balaban J connectivity index is 1.93. The highest BCUT2D eigenvalue weighted by Crippen LogP contribution is 2.33. The Labute approximate surface area is 152 Å². The van der Waals surface area contributed by atoms with Gasteiger partial charge in [0, 0.05) is 18.7 Å². The van der Waals surface area contributed by atoms with Crippen molar-refractivity contribution in [2.45, 2.75) is 40.2 Å². The number of ether oxygens (including phenoxy) is 1. The van der Waals surface area contributed by atoms with E-state index < -0.39 is 12.7 Å². The van der Waals surface area contributed by atoms with Crippen LogP contribution in [0, 0.1) is 17.3 Å². The second kappa shape index (κ2) is 8.38. The molecule has 4 nitrogen and oxygen atoms in total. The fraction of sp³-hybridized carbons (Fsp3) is 0.600. The molecule has 25 heavy (non-hydrogen) atoms. The van der Waals surface area contributed by atoms with Gasteiger partial charge in [0.1, 0.15) is 0 Å². The highest BCUT2D eigenvalue weighted by molar-refractivity contribution is 6.60. The Hall–Kier alpha value is -1.32. The van der Waals surface area contributed by atoms with Gasteiger partial charge in [-0.15, -0.1) is 0 Å². The van der Waals surface area contributed by atoms with E-state index in [1.54, 1.807) is 0 Å². The molecule has 2 rings (SSSR count). The van der Waals surface area contributed by atoms with Gasteiger partial charge in [-0.05, 0) is 36.9 Å². The van der Waals surface area contributed by atoms with E-state index in [1.165, 1.54) is 0 Å². The maximum atomic E-state index is 10.4. The summed E-state index contributed by atoms with van der Waals surface area (Å²) in [5, 5.41) is 10.4. The van der Waals surface area contributed by atoms with E-state index in [-0.39, 0.29) is 5.41 Å². The van der Waals surface area contributed by atoms with Crippen molar-refractivity contribution in [3.05, 3.63) is 29.8 Å². The van der Waals surface area contributed by atoms with Crippen LogP contribution >= 0.6 is 0 Å². The lowest BCUT2D eigenvalue weighted by Gasteiger charge is -2.40. The lowest BCUT2D eigenvalue weighted by Crippen LogP contribution is -2.48. The zero-order valence-corrected chi connectivity index (χ0v) is 16.1. The molecule has 1 aromatic rings. The van der Waals surface area contributed by atoms with Gasteiger partial charge in [-0.25, -0.2) is 0 Å². The highest BCUT2D eigenvalue weighted by atomic mass is 16.5. The molecule has 0 saturated carbocycles. The molecule has 0 unspecified atom stereocenters. The molecule has 0 spiro atoms. The van der Waals surface area contributed by atoms with E-state index in [9.17, 15) is 5.02 Å². The Morgan fingerprint density at radius 3 is 2.28 bits per heavy atom. The third-order valence-corrected chi connectivity index (χ3v) is 5.05. The third kappa shape index (κ3) is 5.86. The number of hydrogen-bond acceptors (Lipinski definition) is 4. The summed E-state index contributed by atoms with van der Waals surface area (Å²) in [6.07, 6.45) is 0. The first-order valence-corrected chi connectivity index (χ1v) is 8.94. The minimum absolute atomic E-state index is 0.0705. The molecule has 0 bridgehead atoms. The van der Waals surface area contributed by atoms with Crippen molar-refractivity contribution in [1.82, 2.24) is 4.90 Å². The zero-order valence-electron chi connectivity index (χ0n) is 16.1. The van der Waals surface area contributed by atoms with E-state index in [1.807, 2.05) is 38.1 Å². The highest BCUT2D eigenvalue weighted by Gasteiger charge is 2.37. The average molecular weight is 343 g/mol. The van der Waals surface area contributed by atoms with Gasteiger partial charge in [-0.1, -0.05) is 44.7 Å². The second-order valence-corrected chi connectivity index (χ2v) is 8.04. The normalized spacial score (nSPS) is 16.2. The molecule has 1 heterocycles. The van der Waals surface area contributed by atoms with Crippen LogP contribution in [0.25, 0.3) is 0 Å². The monoisotopic (exact) mass is 343 g/mol. The average Bonchev–Trinajstić information content (AvgIpc) is 2.55. The van der Waals surface area contributed by atoms with Crippen molar-refractivity contribution in [2.24, 2.45) is 5.41 Å². The summed E-state index contributed by atoms with van der Waals surface area (Å²) in [5.74, 6) is 6.38. The molecule has 136 valence electrons. The van der Waals surface area contributed by atoms with E-state index in [4.69, 9.17) is 9.39 Å². The molecule has 0 radical (unpaired) electrons. The number of benzene rings is 1. The van der Waals surface area contributed by atoms with Crippen LogP contribution in [-0.4, -0.2) is 55.5 Å². The van der Waals surface area contributed by atoms with Crippen molar-refractivity contribution in [1.29, 1.82) is 0 Å². The first kappa shape index (κ1) is 20.0. The quantitative estimate of drug-likeness (QED) is 0.670. The van der Waals surface area contributed by atoms with Crippen LogP contribution in [0.3, 0.4) is 0 Å². The molecule has 0 amide bonds. The van der Waals surface area contributed by atoms with Crippen LogP contribution < -0.4 is 5.46 Å². The first-order chi connectivity index (χ1) is 11.7. The van der Waals surface area contributed by atoms with Gasteiger partial charge < -0.3 is 14.4 Å². The van der Waals surface area contributed by atoms with Crippen molar-refractivity contribution >= 4 is 12.6 Å².